The first-order chi connectivity index (χ1) is 7.24. The van der Waals surface area contributed by atoms with Crippen molar-refractivity contribution in [2.24, 2.45) is 0 Å². The molecule has 3 N–H and O–H groups in total. The summed E-state index contributed by atoms with van der Waals surface area (Å²) in [4.78, 5) is 0. The fraction of sp³-hybridized carbons (Fsp3) is 0.273. The molecule has 0 fully saturated rings. The molecule has 3 nitrogen and oxygen atoms in total. The van der Waals surface area contributed by atoms with Crippen molar-refractivity contribution < 1.29 is 4.74 Å². The normalized spacial score (nSPS) is 16.3. The minimum absolute atomic E-state index is 0.582. The lowest BCUT2D eigenvalue weighted by Crippen LogP contribution is -1.96. The van der Waals surface area contributed by atoms with Gasteiger partial charge in [-0.15, -0.1) is 0 Å². The Morgan fingerprint density at radius 1 is 1.60 bits per heavy atom. The number of hydrogen-bond acceptors (Lipinski definition) is 3. The van der Waals surface area contributed by atoms with E-state index in [1.165, 1.54) is 0 Å². The SMILES string of the molecule is CCOC=C1CNc2c1ccc(Cl)c2N. The first kappa shape index (κ1) is 10.2. The van der Waals surface area contributed by atoms with Crippen LogP contribution in [0.5, 0.6) is 0 Å². The van der Waals surface area contributed by atoms with E-state index in [-0.39, 0.29) is 0 Å². The lowest BCUT2D eigenvalue weighted by atomic mass is 10.1. The molecule has 0 radical (unpaired) electrons. The third-order valence-corrected chi connectivity index (χ3v) is 2.72. The maximum Gasteiger partial charge on any atom is 0.0885 e. The molecule has 1 aliphatic heterocycles. The zero-order valence-electron chi connectivity index (χ0n) is 8.51. The van der Waals surface area contributed by atoms with Gasteiger partial charge in [-0.25, -0.2) is 0 Å². The van der Waals surface area contributed by atoms with Crippen molar-refractivity contribution in [3.05, 3.63) is 29.0 Å². The number of rotatable bonds is 2. The van der Waals surface area contributed by atoms with Crippen molar-refractivity contribution in [1.82, 2.24) is 0 Å². The first-order valence-electron chi connectivity index (χ1n) is 4.87. The van der Waals surface area contributed by atoms with Crippen LogP contribution in [0.4, 0.5) is 11.4 Å². The molecule has 0 saturated heterocycles. The number of ether oxygens (including phenoxy) is 1. The number of fused-ring (bicyclic) bond motifs is 1. The number of anilines is 2. The first-order valence-corrected chi connectivity index (χ1v) is 5.24. The summed E-state index contributed by atoms with van der Waals surface area (Å²) in [5.74, 6) is 0. The summed E-state index contributed by atoms with van der Waals surface area (Å²) in [5, 5.41) is 3.79. The number of benzene rings is 1. The predicted octanol–water partition coefficient (Wildman–Crippen LogP) is 2.73. The smallest absolute Gasteiger partial charge is 0.0885 e. The molecule has 1 aromatic carbocycles. The van der Waals surface area contributed by atoms with Crippen LogP contribution in [0.1, 0.15) is 12.5 Å². The van der Waals surface area contributed by atoms with Gasteiger partial charge in [0.25, 0.3) is 0 Å². The van der Waals surface area contributed by atoms with Crippen LogP contribution in [0.25, 0.3) is 5.57 Å². The minimum Gasteiger partial charge on any atom is -0.501 e. The Bertz CT molecular complexity index is 415. The summed E-state index contributed by atoms with van der Waals surface area (Å²) >= 11 is 5.93. The van der Waals surface area contributed by atoms with Gasteiger partial charge in [-0.3, -0.25) is 0 Å². The zero-order valence-corrected chi connectivity index (χ0v) is 9.27. The standard InChI is InChI=1S/C11H13ClN2O/c1-2-15-6-7-5-14-11-8(7)3-4-9(12)10(11)13/h3-4,6,14H,2,5,13H2,1H3. The van der Waals surface area contributed by atoms with E-state index in [0.29, 0.717) is 17.3 Å². The summed E-state index contributed by atoms with van der Waals surface area (Å²) < 4.78 is 5.27. The third kappa shape index (κ3) is 1.75. The minimum atomic E-state index is 0.582. The van der Waals surface area contributed by atoms with Gasteiger partial charge in [0.1, 0.15) is 0 Å². The molecule has 2 rings (SSSR count). The average Bonchev–Trinajstić information content (AvgIpc) is 2.64. The van der Waals surface area contributed by atoms with E-state index >= 15 is 0 Å². The van der Waals surface area contributed by atoms with Crippen LogP contribution in [0, 0.1) is 0 Å². The van der Waals surface area contributed by atoms with E-state index in [4.69, 9.17) is 22.1 Å². The predicted molar refractivity (Wildman–Crippen MR) is 64.0 cm³/mol. The summed E-state index contributed by atoms with van der Waals surface area (Å²) in [6.07, 6.45) is 1.77. The molecule has 0 amide bonds. The third-order valence-electron chi connectivity index (χ3n) is 2.39. The lowest BCUT2D eigenvalue weighted by Gasteiger charge is -2.05. The van der Waals surface area contributed by atoms with Crippen LogP contribution in [-0.4, -0.2) is 13.2 Å². The Morgan fingerprint density at radius 2 is 2.40 bits per heavy atom. The molecule has 15 heavy (non-hydrogen) atoms. The molecular weight excluding hydrogens is 212 g/mol. The fourth-order valence-corrected chi connectivity index (χ4v) is 1.78. The van der Waals surface area contributed by atoms with Gasteiger partial charge in [-0.05, 0) is 13.0 Å². The van der Waals surface area contributed by atoms with E-state index in [9.17, 15) is 0 Å². The van der Waals surface area contributed by atoms with Gasteiger partial charge in [-0.2, -0.15) is 0 Å². The zero-order chi connectivity index (χ0) is 10.8. The molecular formula is C11H13ClN2O. The molecule has 0 spiro atoms. The van der Waals surface area contributed by atoms with Crippen LogP contribution in [0.2, 0.25) is 5.02 Å². The second-order valence-electron chi connectivity index (χ2n) is 3.34. The topological polar surface area (TPSA) is 47.3 Å². The Kier molecular flexibility index (Phi) is 2.73. The number of nitrogens with two attached hydrogens (primary N) is 1. The maximum absolute atomic E-state index is 5.93. The molecule has 0 aliphatic carbocycles. The largest absolute Gasteiger partial charge is 0.501 e. The summed E-state index contributed by atoms with van der Waals surface area (Å²) in [5.41, 5.74) is 9.56. The quantitative estimate of drug-likeness (QED) is 0.600. The highest BCUT2D eigenvalue weighted by atomic mass is 35.5. The van der Waals surface area contributed by atoms with Crippen LogP contribution >= 0.6 is 11.6 Å². The Labute approximate surface area is 93.9 Å². The Balaban J connectivity index is 2.40. The second kappa shape index (κ2) is 4.03. The van der Waals surface area contributed by atoms with Crippen molar-refractivity contribution in [2.75, 3.05) is 24.2 Å². The number of hydrogen-bond donors (Lipinski definition) is 2. The van der Waals surface area contributed by atoms with Gasteiger partial charge in [-0.1, -0.05) is 17.7 Å². The number of halogens is 1. The van der Waals surface area contributed by atoms with Crippen LogP contribution < -0.4 is 11.1 Å². The molecule has 0 atom stereocenters. The van der Waals surface area contributed by atoms with Crippen molar-refractivity contribution in [3.63, 3.8) is 0 Å². The molecule has 80 valence electrons. The van der Waals surface area contributed by atoms with Gasteiger partial charge in [0.2, 0.25) is 0 Å². The second-order valence-corrected chi connectivity index (χ2v) is 3.74. The van der Waals surface area contributed by atoms with E-state index in [0.717, 1.165) is 23.4 Å². The monoisotopic (exact) mass is 224 g/mol. The molecule has 0 aromatic heterocycles. The van der Waals surface area contributed by atoms with Gasteiger partial charge in [0.15, 0.2) is 0 Å². The van der Waals surface area contributed by atoms with Crippen LogP contribution in [0.15, 0.2) is 18.4 Å². The highest BCUT2D eigenvalue weighted by molar-refractivity contribution is 6.34. The van der Waals surface area contributed by atoms with E-state index < -0.39 is 0 Å². The van der Waals surface area contributed by atoms with Crippen molar-refractivity contribution >= 4 is 28.5 Å². The summed E-state index contributed by atoms with van der Waals surface area (Å²) in [6, 6.07) is 3.77. The van der Waals surface area contributed by atoms with Gasteiger partial charge < -0.3 is 15.8 Å². The van der Waals surface area contributed by atoms with Gasteiger partial charge in [0, 0.05) is 17.7 Å². The molecule has 1 aromatic rings. The van der Waals surface area contributed by atoms with Crippen molar-refractivity contribution in [2.45, 2.75) is 6.92 Å². The number of nitrogens with one attached hydrogen (secondary N) is 1. The van der Waals surface area contributed by atoms with E-state index in [1.807, 2.05) is 19.1 Å². The molecule has 4 heteroatoms. The number of nitrogen functional groups attached to an aromatic ring is 1. The lowest BCUT2D eigenvalue weighted by molar-refractivity contribution is 0.270. The maximum atomic E-state index is 5.93. The van der Waals surface area contributed by atoms with Crippen molar-refractivity contribution in [3.8, 4) is 0 Å². The van der Waals surface area contributed by atoms with Crippen LogP contribution in [0.3, 0.4) is 0 Å². The van der Waals surface area contributed by atoms with E-state index in [2.05, 4.69) is 5.32 Å². The van der Waals surface area contributed by atoms with Gasteiger partial charge >= 0.3 is 0 Å². The van der Waals surface area contributed by atoms with E-state index in [1.54, 1.807) is 6.26 Å². The highest BCUT2D eigenvalue weighted by Gasteiger charge is 2.19. The molecule has 0 unspecified atom stereocenters. The molecule has 1 aliphatic rings. The van der Waals surface area contributed by atoms with Crippen LogP contribution in [-0.2, 0) is 4.74 Å². The Hall–Kier alpha value is -1.35. The molecule has 0 saturated carbocycles. The highest BCUT2D eigenvalue weighted by Crippen LogP contribution is 2.38. The van der Waals surface area contributed by atoms with Gasteiger partial charge in [0.05, 0.1) is 29.3 Å². The molecule has 1 heterocycles. The Morgan fingerprint density at radius 3 is 3.13 bits per heavy atom. The molecule has 0 bridgehead atoms. The summed E-state index contributed by atoms with van der Waals surface area (Å²) in [6.45, 7) is 3.36. The summed E-state index contributed by atoms with van der Waals surface area (Å²) in [7, 11) is 0. The fourth-order valence-electron chi connectivity index (χ4n) is 1.62. The average molecular weight is 225 g/mol. The van der Waals surface area contributed by atoms with Crippen molar-refractivity contribution in [1.29, 1.82) is 0 Å².